The number of carbonyl (C=O) groups excluding carboxylic acids is 1. The van der Waals surface area contributed by atoms with Crippen LogP contribution >= 0.6 is 27.3 Å². The molecule has 0 aliphatic heterocycles. The Balaban J connectivity index is 2.09. The number of aryl methyl sites for hydroxylation is 1. The van der Waals surface area contributed by atoms with Crippen LogP contribution in [0.3, 0.4) is 0 Å². The lowest BCUT2D eigenvalue weighted by atomic mass is 10.2. The molecule has 1 N–H and O–H groups in total. The summed E-state index contributed by atoms with van der Waals surface area (Å²) in [6.07, 6.45) is 0.331. The number of nitrogens with one attached hydrogen (secondary N) is 1. The van der Waals surface area contributed by atoms with Crippen molar-refractivity contribution in [2.75, 3.05) is 5.32 Å². The minimum Gasteiger partial charge on any atom is -0.326 e. The molecule has 2 rings (SSSR count). The molecule has 1 heterocycles. The minimum absolute atomic E-state index is 0.102. The van der Waals surface area contributed by atoms with Crippen LogP contribution in [-0.2, 0) is 11.2 Å². The molecule has 0 unspecified atom stereocenters. The van der Waals surface area contributed by atoms with Gasteiger partial charge in [0.2, 0.25) is 5.91 Å². The van der Waals surface area contributed by atoms with Crippen LogP contribution in [0.15, 0.2) is 33.4 Å². The first kappa shape index (κ1) is 13.2. The standard InChI is InChI=1S/C13H11BrFNOS/c1-8-4-11(15)10(14)6-12(8)16-13(17)5-9-2-3-18-7-9/h2-4,6-7H,5H2,1H3,(H,16,17). The summed E-state index contributed by atoms with van der Waals surface area (Å²) < 4.78 is 13.6. The third-order valence-electron chi connectivity index (χ3n) is 2.49. The predicted molar refractivity (Wildman–Crippen MR) is 75.5 cm³/mol. The first-order chi connectivity index (χ1) is 8.56. The smallest absolute Gasteiger partial charge is 0.228 e. The molecule has 1 aromatic heterocycles. The van der Waals surface area contributed by atoms with E-state index in [-0.39, 0.29) is 11.7 Å². The number of carbonyl (C=O) groups is 1. The molecular weight excluding hydrogens is 317 g/mol. The zero-order valence-electron chi connectivity index (χ0n) is 9.67. The van der Waals surface area contributed by atoms with Crippen molar-refractivity contribution in [2.45, 2.75) is 13.3 Å². The molecule has 94 valence electrons. The Morgan fingerprint density at radius 1 is 1.50 bits per heavy atom. The molecule has 0 aliphatic carbocycles. The molecule has 2 aromatic rings. The Labute approximate surface area is 117 Å². The number of amides is 1. The van der Waals surface area contributed by atoms with E-state index in [0.717, 1.165) is 5.56 Å². The Morgan fingerprint density at radius 2 is 2.28 bits per heavy atom. The Morgan fingerprint density at radius 3 is 2.94 bits per heavy atom. The van der Waals surface area contributed by atoms with E-state index in [1.165, 1.54) is 6.07 Å². The van der Waals surface area contributed by atoms with E-state index in [2.05, 4.69) is 21.2 Å². The van der Waals surface area contributed by atoms with Gasteiger partial charge in [0.1, 0.15) is 5.82 Å². The molecule has 1 aromatic carbocycles. The molecule has 5 heteroatoms. The van der Waals surface area contributed by atoms with Gasteiger partial charge >= 0.3 is 0 Å². The summed E-state index contributed by atoms with van der Waals surface area (Å²) in [5, 5.41) is 6.66. The highest BCUT2D eigenvalue weighted by atomic mass is 79.9. The van der Waals surface area contributed by atoms with Gasteiger partial charge in [-0.1, -0.05) is 0 Å². The van der Waals surface area contributed by atoms with Crippen molar-refractivity contribution in [3.05, 3.63) is 50.4 Å². The van der Waals surface area contributed by atoms with Gasteiger partial charge in [0, 0.05) is 5.69 Å². The van der Waals surface area contributed by atoms with E-state index < -0.39 is 0 Å². The highest BCUT2D eigenvalue weighted by molar-refractivity contribution is 9.10. The van der Waals surface area contributed by atoms with Crippen LogP contribution in [-0.4, -0.2) is 5.91 Å². The Bertz CT molecular complexity index is 569. The van der Waals surface area contributed by atoms with Crippen molar-refractivity contribution in [3.63, 3.8) is 0 Å². The summed E-state index contributed by atoms with van der Waals surface area (Å²) in [7, 11) is 0. The normalized spacial score (nSPS) is 10.4. The number of hydrogen-bond acceptors (Lipinski definition) is 2. The van der Waals surface area contributed by atoms with Crippen LogP contribution in [0.5, 0.6) is 0 Å². The van der Waals surface area contributed by atoms with Crippen LogP contribution in [0.4, 0.5) is 10.1 Å². The van der Waals surface area contributed by atoms with E-state index >= 15 is 0 Å². The maximum absolute atomic E-state index is 13.2. The quantitative estimate of drug-likeness (QED) is 0.901. The van der Waals surface area contributed by atoms with Gasteiger partial charge in [-0.3, -0.25) is 4.79 Å². The van der Waals surface area contributed by atoms with Gasteiger partial charge in [-0.05, 0) is 62.9 Å². The van der Waals surface area contributed by atoms with Gasteiger partial charge < -0.3 is 5.32 Å². The van der Waals surface area contributed by atoms with E-state index in [9.17, 15) is 9.18 Å². The number of thiophene rings is 1. The zero-order chi connectivity index (χ0) is 13.1. The van der Waals surface area contributed by atoms with Crippen molar-refractivity contribution in [3.8, 4) is 0 Å². The van der Waals surface area contributed by atoms with Crippen LogP contribution in [0.25, 0.3) is 0 Å². The fraction of sp³-hybridized carbons (Fsp3) is 0.154. The second kappa shape index (κ2) is 5.63. The second-order valence-corrected chi connectivity index (χ2v) is 5.57. The lowest BCUT2D eigenvalue weighted by Gasteiger charge is -2.09. The van der Waals surface area contributed by atoms with Gasteiger partial charge in [-0.2, -0.15) is 11.3 Å². The summed E-state index contributed by atoms with van der Waals surface area (Å²) in [4.78, 5) is 11.8. The lowest BCUT2D eigenvalue weighted by Crippen LogP contribution is -2.15. The van der Waals surface area contributed by atoms with Crippen molar-refractivity contribution < 1.29 is 9.18 Å². The molecule has 0 atom stereocenters. The molecule has 0 radical (unpaired) electrons. The number of benzene rings is 1. The number of halogens is 2. The van der Waals surface area contributed by atoms with Gasteiger partial charge in [0.05, 0.1) is 10.9 Å². The van der Waals surface area contributed by atoms with Crippen molar-refractivity contribution in [2.24, 2.45) is 0 Å². The topological polar surface area (TPSA) is 29.1 Å². The number of rotatable bonds is 3. The van der Waals surface area contributed by atoms with E-state index in [1.54, 1.807) is 24.3 Å². The Hall–Kier alpha value is -1.20. The van der Waals surface area contributed by atoms with Gasteiger partial charge in [-0.15, -0.1) is 0 Å². The van der Waals surface area contributed by atoms with Crippen molar-refractivity contribution >= 4 is 38.9 Å². The average Bonchev–Trinajstić information content (AvgIpc) is 2.78. The highest BCUT2D eigenvalue weighted by Crippen LogP contribution is 2.24. The molecule has 0 fully saturated rings. The monoisotopic (exact) mass is 327 g/mol. The molecule has 2 nitrogen and oxygen atoms in total. The summed E-state index contributed by atoms with van der Waals surface area (Å²) >= 11 is 4.66. The summed E-state index contributed by atoms with van der Waals surface area (Å²) in [5.41, 5.74) is 2.31. The van der Waals surface area contributed by atoms with Gasteiger partial charge in [0.25, 0.3) is 0 Å². The molecule has 18 heavy (non-hydrogen) atoms. The largest absolute Gasteiger partial charge is 0.326 e. The summed E-state index contributed by atoms with van der Waals surface area (Å²) in [6, 6.07) is 4.89. The molecular formula is C13H11BrFNOS. The molecule has 0 saturated carbocycles. The summed E-state index contributed by atoms with van der Waals surface area (Å²) in [5.74, 6) is -0.432. The molecule has 0 saturated heterocycles. The van der Waals surface area contributed by atoms with Crippen LogP contribution in [0.1, 0.15) is 11.1 Å². The van der Waals surface area contributed by atoms with Crippen LogP contribution in [0, 0.1) is 12.7 Å². The van der Waals surface area contributed by atoms with Crippen molar-refractivity contribution in [1.29, 1.82) is 0 Å². The predicted octanol–water partition coefficient (Wildman–Crippen LogP) is 4.14. The maximum atomic E-state index is 13.2. The fourth-order valence-corrected chi connectivity index (χ4v) is 2.57. The van der Waals surface area contributed by atoms with Crippen molar-refractivity contribution in [1.82, 2.24) is 0 Å². The SMILES string of the molecule is Cc1cc(F)c(Br)cc1NC(=O)Cc1ccsc1. The third-order valence-corrected chi connectivity index (χ3v) is 3.83. The molecule has 1 amide bonds. The van der Waals surface area contributed by atoms with Crippen LogP contribution < -0.4 is 5.32 Å². The zero-order valence-corrected chi connectivity index (χ0v) is 12.1. The number of hydrogen-bond donors (Lipinski definition) is 1. The van der Waals surface area contributed by atoms with E-state index in [4.69, 9.17) is 0 Å². The molecule has 0 bridgehead atoms. The first-order valence-corrected chi connectivity index (χ1v) is 7.06. The fourth-order valence-electron chi connectivity index (χ4n) is 1.55. The highest BCUT2D eigenvalue weighted by Gasteiger charge is 2.09. The third kappa shape index (κ3) is 3.17. The van der Waals surface area contributed by atoms with E-state index in [0.29, 0.717) is 22.1 Å². The maximum Gasteiger partial charge on any atom is 0.228 e. The molecule has 0 spiro atoms. The Kier molecular flexibility index (Phi) is 4.14. The minimum atomic E-state index is -0.330. The van der Waals surface area contributed by atoms with E-state index in [1.807, 2.05) is 16.8 Å². The summed E-state index contributed by atoms with van der Waals surface area (Å²) in [6.45, 7) is 1.76. The number of anilines is 1. The van der Waals surface area contributed by atoms with Gasteiger partial charge in [-0.25, -0.2) is 4.39 Å². The second-order valence-electron chi connectivity index (χ2n) is 3.94. The first-order valence-electron chi connectivity index (χ1n) is 5.33. The average molecular weight is 328 g/mol. The lowest BCUT2D eigenvalue weighted by molar-refractivity contribution is -0.115. The molecule has 0 aliphatic rings. The van der Waals surface area contributed by atoms with Crippen LogP contribution in [0.2, 0.25) is 0 Å². The van der Waals surface area contributed by atoms with Gasteiger partial charge in [0.15, 0.2) is 0 Å².